The van der Waals surface area contributed by atoms with Crippen molar-refractivity contribution < 1.29 is 24.2 Å². The van der Waals surface area contributed by atoms with Crippen molar-refractivity contribution in [2.45, 2.75) is 38.7 Å². The maximum absolute atomic E-state index is 11.6. The highest BCUT2D eigenvalue weighted by Gasteiger charge is 2.66. The Labute approximate surface area is 152 Å². The lowest BCUT2D eigenvalue weighted by Crippen LogP contribution is -2.45. The molecule has 11 nitrogen and oxygen atoms in total. The zero-order chi connectivity index (χ0) is 20.1. The molecule has 1 heterocycles. The molecule has 0 unspecified atom stereocenters. The topological polar surface area (TPSA) is 148 Å². The lowest BCUT2D eigenvalue weighted by atomic mass is 9.99. The molecule has 1 aliphatic heterocycles. The molecular weight excluding hydrogens is 362 g/mol. The number of hydrogen-bond acceptors (Lipinski definition) is 8. The van der Waals surface area contributed by atoms with E-state index in [0.29, 0.717) is 23.3 Å². The first-order valence-corrected chi connectivity index (χ1v) is 7.88. The highest BCUT2D eigenvalue weighted by Crippen LogP contribution is 2.48. The van der Waals surface area contributed by atoms with Gasteiger partial charge in [-0.25, -0.2) is 0 Å². The van der Waals surface area contributed by atoms with E-state index < -0.39 is 44.1 Å². The van der Waals surface area contributed by atoms with Crippen LogP contribution in [0.25, 0.3) is 0 Å². The van der Waals surface area contributed by atoms with Crippen LogP contribution in [0.1, 0.15) is 20.8 Å². The Morgan fingerprint density at radius 1 is 0.963 bits per heavy atom. The van der Waals surface area contributed by atoms with Gasteiger partial charge in [0.2, 0.25) is 0 Å². The van der Waals surface area contributed by atoms with Crippen LogP contribution in [0.15, 0.2) is 58.2 Å². The Bertz CT molecular complexity index is 892. The van der Waals surface area contributed by atoms with Crippen molar-refractivity contribution in [1.29, 1.82) is 0 Å². The summed E-state index contributed by atoms with van der Waals surface area (Å²) in [6.07, 6.45) is 4.05. The van der Waals surface area contributed by atoms with E-state index in [1.165, 1.54) is 0 Å². The fraction of sp³-hybridized carbons (Fsp3) is 0.375. The number of fused-ring (bicyclic) bond motifs is 1. The van der Waals surface area contributed by atoms with Gasteiger partial charge in [-0.05, 0) is 31.9 Å². The minimum Gasteiger partial charge on any atom is -0.445 e. The normalized spacial score (nSPS) is 29.7. The molecule has 0 N–H and O–H groups in total. The quantitative estimate of drug-likeness (QED) is 0.537. The van der Waals surface area contributed by atoms with Crippen LogP contribution in [0.4, 0.5) is 0 Å². The molecule has 1 spiro atoms. The zero-order valence-corrected chi connectivity index (χ0v) is 14.6. The zero-order valence-electron chi connectivity index (χ0n) is 14.6. The van der Waals surface area contributed by atoms with Gasteiger partial charge in [-0.1, -0.05) is 17.7 Å². The van der Waals surface area contributed by atoms with Crippen LogP contribution >= 0.6 is 0 Å². The second kappa shape index (κ2) is 6.13. The van der Waals surface area contributed by atoms with E-state index in [9.17, 15) is 30.3 Å². The Balaban J connectivity index is 2.23. The van der Waals surface area contributed by atoms with Crippen LogP contribution < -0.4 is 0 Å². The van der Waals surface area contributed by atoms with Crippen LogP contribution in [0.3, 0.4) is 0 Å². The number of ether oxygens (including phenoxy) is 2. The summed E-state index contributed by atoms with van der Waals surface area (Å²) in [5.74, 6) is -2.27. The van der Waals surface area contributed by atoms with Crippen LogP contribution in [0, 0.1) is 30.3 Å². The van der Waals surface area contributed by atoms with Gasteiger partial charge in [0.25, 0.3) is 6.04 Å². The van der Waals surface area contributed by atoms with Crippen molar-refractivity contribution in [1.82, 2.24) is 0 Å². The van der Waals surface area contributed by atoms with Gasteiger partial charge < -0.3 is 9.47 Å². The maximum Gasteiger partial charge on any atom is 0.397 e. The third-order valence-corrected chi connectivity index (χ3v) is 4.45. The second-order valence-electron chi connectivity index (χ2n) is 6.43. The molecule has 0 radical (unpaired) electrons. The molecule has 0 aromatic heterocycles. The molecule has 27 heavy (non-hydrogen) atoms. The van der Waals surface area contributed by atoms with Crippen molar-refractivity contribution in [2.75, 3.05) is 0 Å². The Morgan fingerprint density at radius 3 is 2.00 bits per heavy atom. The van der Waals surface area contributed by atoms with E-state index in [0.717, 1.165) is 5.57 Å². The van der Waals surface area contributed by atoms with Gasteiger partial charge in [-0.3, -0.25) is 30.3 Å². The first-order valence-electron chi connectivity index (χ1n) is 7.88. The maximum atomic E-state index is 11.6. The summed E-state index contributed by atoms with van der Waals surface area (Å²) < 4.78 is 11.5. The molecule has 142 valence electrons. The molecule has 2 aliphatic carbocycles. The standard InChI is InChI=1S/C16H15N3O8/c1-8-4-9(2)14-15(10(3)5-8)27-16(26-14)12(18(22)23)6-11(17(20)21)7-13(16)19(24)25/h4-7,11,14H,1-3H3/t11?,14-,16?/m0/s1. The first-order chi connectivity index (χ1) is 12.6. The molecule has 1 fully saturated rings. The number of nitrogens with zero attached hydrogens (tertiary/aromatic N) is 3. The average molecular weight is 377 g/mol. The van der Waals surface area contributed by atoms with E-state index in [-0.39, 0.29) is 5.76 Å². The van der Waals surface area contributed by atoms with Crippen molar-refractivity contribution in [2.24, 2.45) is 0 Å². The molecule has 3 aliphatic rings. The second-order valence-corrected chi connectivity index (χ2v) is 6.43. The average Bonchev–Trinajstić information content (AvgIpc) is 2.90. The lowest BCUT2D eigenvalue weighted by Gasteiger charge is -2.24. The van der Waals surface area contributed by atoms with E-state index in [4.69, 9.17) is 9.47 Å². The first kappa shape index (κ1) is 18.5. The Morgan fingerprint density at radius 2 is 1.52 bits per heavy atom. The van der Waals surface area contributed by atoms with Crippen LogP contribution in [-0.4, -0.2) is 32.7 Å². The number of rotatable bonds is 3. The van der Waals surface area contributed by atoms with Gasteiger partial charge >= 0.3 is 17.2 Å². The molecule has 3 rings (SSSR count). The number of nitro groups is 3. The van der Waals surface area contributed by atoms with Gasteiger partial charge in [-0.15, -0.1) is 0 Å². The molecule has 0 amide bonds. The van der Waals surface area contributed by atoms with Crippen molar-refractivity contribution in [3.8, 4) is 0 Å². The molecule has 0 saturated carbocycles. The van der Waals surface area contributed by atoms with E-state index >= 15 is 0 Å². The highest BCUT2D eigenvalue weighted by molar-refractivity contribution is 5.44. The molecule has 1 saturated heterocycles. The summed E-state index contributed by atoms with van der Waals surface area (Å²) in [6.45, 7) is 5.24. The molecule has 11 heteroatoms. The van der Waals surface area contributed by atoms with E-state index in [2.05, 4.69) is 0 Å². The summed E-state index contributed by atoms with van der Waals surface area (Å²) in [7, 11) is 0. The minimum absolute atomic E-state index is 0.195. The van der Waals surface area contributed by atoms with Gasteiger partial charge in [0.15, 0.2) is 0 Å². The van der Waals surface area contributed by atoms with Gasteiger partial charge in [0.1, 0.15) is 11.9 Å². The van der Waals surface area contributed by atoms with Crippen LogP contribution in [0.5, 0.6) is 0 Å². The third kappa shape index (κ3) is 2.81. The smallest absolute Gasteiger partial charge is 0.397 e. The molecular formula is C16H15N3O8. The molecule has 0 aromatic rings. The van der Waals surface area contributed by atoms with E-state index in [1.54, 1.807) is 26.0 Å². The van der Waals surface area contributed by atoms with Crippen LogP contribution in [-0.2, 0) is 9.47 Å². The summed E-state index contributed by atoms with van der Waals surface area (Å²) in [6, 6.07) is -1.73. The molecule has 0 aromatic carbocycles. The van der Waals surface area contributed by atoms with Crippen LogP contribution in [0.2, 0.25) is 0 Å². The van der Waals surface area contributed by atoms with Crippen molar-refractivity contribution in [3.63, 3.8) is 0 Å². The summed E-state index contributed by atoms with van der Waals surface area (Å²) in [5.41, 5.74) is 0.333. The predicted molar refractivity (Wildman–Crippen MR) is 89.8 cm³/mol. The largest absolute Gasteiger partial charge is 0.445 e. The fourth-order valence-electron chi connectivity index (χ4n) is 3.36. The monoisotopic (exact) mass is 377 g/mol. The van der Waals surface area contributed by atoms with Gasteiger partial charge in [-0.2, -0.15) is 0 Å². The summed E-state index contributed by atoms with van der Waals surface area (Å²) in [4.78, 5) is 31.5. The number of allylic oxidation sites excluding steroid dienone is 4. The lowest BCUT2D eigenvalue weighted by molar-refractivity contribution is -0.520. The predicted octanol–water partition coefficient (Wildman–Crippen LogP) is 2.26. The van der Waals surface area contributed by atoms with Crippen molar-refractivity contribution in [3.05, 3.63) is 88.5 Å². The minimum atomic E-state index is -2.46. The number of hydrogen-bond donors (Lipinski definition) is 0. The molecule has 1 atom stereocenters. The van der Waals surface area contributed by atoms with Gasteiger partial charge in [0, 0.05) is 4.92 Å². The molecule has 0 bridgehead atoms. The van der Waals surface area contributed by atoms with Gasteiger partial charge in [0.05, 0.1) is 22.0 Å². The summed E-state index contributed by atoms with van der Waals surface area (Å²) in [5, 5.41) is 34.3. The van der Waals surface area contributed by atoms with E-state index in [1.807, 2.05) is 6.92 Å². The third-order valence-electron chi connectivity index (χ3n) is 4.45. The van der Waals surface area contributed by atoms with Crippen molar-refractivity contribution >= 4 is 0 Å². The highest BCUT2D eigenvalue weighted by atomic mass is 16.8. The fourth-order valence-corrected chi connectivity index (χ4v) is 3.36. The SMILES string of the molecule is CC1=CC(C)=C2OC3(O[C@H]2C(C)=C1)C([N+](=O)[O-])=CC([N+](=O)[O-])C=C3[N+](=O)[O-]. The summed E-state index contributed by atoms with van der Waals surface area (Å²) >= 11 is 0. The Kier molecular flexibility index (Phi) is 4.19. The Hall–Kier alpha value is -3.34.